The van der Waals surface area contributed by atoms with Crippen molar-refractivity contribution in [2.45, 2.75) is 27.2 Å². The Kier molecular flexibility index (Phi) is 4.53. The van der Waals surface area contributed by atoms with Crippen molar-refractivity contribution in [1.29, 1.82) is 0 Å². The van der Waals surface area contributed by atoms with E-state index in [1.807, 2.05) is 0 Å². The fourth-order valence-corrected chi connectivity index (χ4v) is 2.26. The number of anilines is 3. The van der Waals surface area contributed by atoms with Crippen molar-refractivity contribution in [2.24, 2.45) is 5.84 Å². The smallest absolute Gasteiger partial charge is 0.148 e. The number of aryl methyl sites for hydroxylation is 1. The van der Waals surface area contributed by atoms with Crippen LogP contribution in [0.3, 0.4) is 0 Å². The van der Waals surface area contributed by atoms with Gasteiger partial charge in [-0.05, 0) is 32.4 Å². The minimum Gasteiger partial charge on any atom is -0.326 e. The summed E-state index contributed by atoms with van der Waals surface area (Å²) in [6.07, 6.45) is 2.36. The van der Waals surface area contributed by atoms with E-state index in [0.717, 1.165) is 30.0 Å². The van der Waals surface area contributed by atoms with Gasteiger partial charge in [0.2, 0.25) is 0 Å². The first-order valence-electron chi connectivity index (χ1n) is 6.85. The highest BCUT2D eigenvalue weighted by Crippen LogP contribution is 2.29. The minimum absolute atomic E-state index is 0.683. The molecule has 1 aromatic carbocycles. The van der Waals surface area contributed by atoms with Gasteiger partial charge in [0.15, 0.2) is 0 Å². The van der Waals surface area contributed by atoms with Gasteiger partial charge in [0.25, 0.3) is 0 Å². The maximum absolute atomic E-state index is 5.54. The zero-order valence-electron chi connectivity index (χ0n) is 12.2. The lowest BCUT2D eigenvalue weighted by atomic mass is 10.1. The molecule has 3 N–H and O–H groups in total. The van der Waals surface area contributed by atoms with Crippen molar-refractivity contribution < 1.29 is 0 Å². The second-order valence-electron chi connectivity index (χ2n) is 4.60. The molecule has 0 atom stereocenters. The minimum atomic E-state index is 0.683. The van der Waals surface area contributed by atoms with Crippen LogP contribution in [0.15, 0.2) is 30.6 Å². The molecule has 0 spiro atoms. The summed E-state index contributed by atoms with van der Waals surface area (Å²) < 4.78 is 0. The molecule has 5 nitrogen and oxygen atoms in total. The van der Waals surface area contributed by atoms with Crippen molar-refractivity contribution in [1.82, 2.24) is 9.97 Å². The molecular weight excluding hydrogens is 250 g/mol. The van der Waals surface area contributed by atoms with Crippen molar-refractivity contribution in [3.05, 3.63) is 41.7 Å². The van der Waals surface area contributed by atoms with Crippen LogP contribution in [0, 0.1) is 6.92 Å². The fraction of sp³-hybridized carbons (Fsp3) is 0.333. The lowest BCUT2D eigenvalue weighted by molar-refractivity contribution is 0.937. The van der Waals surface area contributed by atoms with Gasteiger partial charge in [-0.15, -0.1) is 0 Å². The highest BCUT2D eigenvalue weighted by molar-refractivity contribution is 5.67. The Labute approximate surface area is 119 Å². The van der Waals surface area contributed by atoms with E-state index in [2.05, 4.69) is 65.3 Å². The number of nitrogens with zero attached hydrogens (tertiary/aromatic N) is 3. The monoisotopic (exact) mass is 271 g/mol. The number of hydrogen-bond donors (Lipinski definition) is 2. The van der Waals surface area contributed by atoms with Crippen LogP contribution in [0.1, 0.15) is 25.0 Å². The molecule has 0 fully saturated rings. The van der Waals surface area contributed by atoms with E-state index in [1.165, 1.54) is 5.56 Å². The van der Waals surface area contributed by atoms with Crippen molar-refractivity contribution in [3.8, 4) is 0 Å². The van der Waals surface area contributed by atoms with Gasteiger partial charge in [-0.1, -0.05) is 24.6 Å². The zero-order chi connectivity index (χ0) is 14.5. The van der Waals surface area contributed by atoms with Crippen LogP contribution >= 0.6 is 0 Å². The predicted octanol–water partition coefficient (Wildman–Crippen LogP) is 2.79. The molecule has 1 heterocycles. The zero-order valence-corrected chi connectivity index (χ0v) is 12.2. The number of hydrazine groups is 1. The third kappa shape index (κ3) is 2.72. The van der Waals surface area contributed by atoms with E-state index < -0.39 is 0 Å². The van der Waals surface area contributed by atoms with Gasteiger partial charge < -0.3 is 10.3 Å². The molecule has 0 saturated carbocycles. The molecule has 20 heavy (non-hydrogen) atoms. The van der Waals surface area contributed by atoms with Gasteiger partial charge in [-0.3, -0.25) is 0 Å². The number of nitrogens with two attached hydrogens (primary N) is 1. The van der Waals surface area contributed by atoms with Crippen LogP contribution in [0.4, 0.5) is 17.3 Å². The number of rotatable bonds is 5. The molecule has 0 unspecified atom stereocenters. The van der Waals surface area contributed by atoms with Crippen molar-refractivity contribution >= 4 is 17.3 Å². The lowest BCUT2D eigenvalue weighted by Gasteiger charge is -2.25. The Morgan fingerprint density at radius 1 is 1.15 bits per heavy atom. The predicted molar refractivity (Wildman–Crippen MR) is 83.1 cm³/mol. The fourth-order valence-electron chi connectivity index (χ4n) is 2.26. The summed E-state index contributed by atoms with van der Waals surface area (Å²) in [4.78, 5) is 10.8. The Hall–Kier alpha value is -2.14. The van der Waals surface area contributed by atoms with E-state index in [1.54, 1.807) is 6.33 Å². The second-order valence-corrected chi connectivity index (χ2v) is 4.60. The summed E-state index contributed by atoms with van der Waals surface area (Å²) in [5.41, 5.74) is 6.04. The summed E-state index contributed by atoms with van der Waals surface area (Å²) >= 11 is 0. The summed E-state index contributed by atoms with van der Waals surface area (Å²) in [6.45, 7) is 7.10. The first kappa shape index (κ1) is 14.3. The molecular formula is C15H21N5. The van der Waals surface area contributed by atoms with E-state index in [0.29, 0.717) is 5.82 Å². The maximum atomic E-state index is 5.54. The van der Waals surface area contributed by atoms with Crippen molar-refractivity contribution in [2.75, 3.05) is 16.9 Å². The number of benzene rings is 1. The number of nitrogens with one attached hydrogen (secondary N) is 1. The van der Waals surface area contributed by atoms with Gasteiger partial charge in [0.1, 0.15) is 18.0 Å². The standard InChI is InChI=1S/C15H21N5/c1-4-13-14(19-16)17-10-18-15(13)20(5-2)12-8-6-11(3)7-9-12/h6-10H,4-5,16H2,1-3H3,(H,17,18,19). The van der Waals surface area contributed by atoms with Crippen LogP contribution in [-0.4, -0.2) is 16.5 Å². The molecule has 1 aromatic heterocycles. The quantitative estimate of drug-likeness (QED) is 0.646. The summed E-state index contributed by atoms with van der Waals surface area (Å²) in [7, 11) is 0. The Morgan fingerprint density at radius 3 is 2.40 bits per heavy atom. The van der Waals surface area contributed by atoms with E-state index in [-0.39, 0.29) is 0 Å². The van der Waals surface area contributed by atoms with Crippen LogP contribution in [0.5, 0.6) is 0 Å². The Bertz CT molecular complexity index is 565. The molecule has 0 saturated heterocycles. The van der Waals surface area contributed by atoms with Gasteiger partial charge in [0.05, 0.1) is 0 Å². The first-order chi connectivity index (χ1) is 9.71. The lowest BCUT2D eigenvalue weighted by Crippen LogP contribution is -2.21. The van der Waals surface area contributed by atoms with Gasteiger partial charge in [-0.2, -0.15) is 0 Å². The highest BCUT2D eigenvalue weighted by atomic mass is 15.3. The maximum Gasteiger partial charge on any atom is 0.148 e. The molecule has 0 aliphatic rings. The SMILES string of the molecule is CCc1c(NN)ncnc1N(CC)c1ccc(C)cc1. The first-order valence-corrected chi connectivity index (χ1v) is 6.85. The van der Waals surface area contributed by atoms with Gasteiger partial charge in [0, 0.05) is 17.8 Å². The van der Waals surface area contributed by atoms with Crippen LogP contribution < -0.4 is 16.2 Å². The normalized spacial score (nSPS) is 10.4. The molecule has 0 amide bonds. The number of nitrogen functional groups attached to an aromatic ring is 1. The summed E-state index contributed by atoms with van der Waals surface area (Å²) in [5, 5.41) is 0. The summed E-state index contributed by atoms with van der Waals surface area (Å²) in [6, 6.07) is 8.42. The third-order valence-electron chi connectivity index (χ3n) is 3.33. The molecule has 106 valence electrons. The number of hydrogen-bond acceptors (Lipinski definition) is 5. The van der Waals surface area contributed by atoms with Crippen LogP contribution in [0.25, 0.3) is 0 Å². The molecule has 2 rings (SSSR count). The molecule has 5 heteroatoms. The van der Waals surface area contributed by atoms with Gasteiger partial charge in [-0.25, -0.2) is 15.8 Å². The highest BCUT2D eigenvalue weighted by Gasteiger charge is 2.16. The molecule has 0 aliphatic carbocycles. The average molecular weight is 271 g/mol. The van der Waals surface area contributed by atoms with Crippen LogP contribution in [-0.2, 0) is 6.42 Å². The van der Waals surface area contributed by atoms with E-state index in [9.17, 15) is 0 Å². The largest absolute Gasteiger partial charge is 0.326 e. The van der Waals surface area contributed by atoms with E-state index >= 15 is 0 Å². The Balaban J connectivity index is 2.49. The molecule has 0 radical (unpaired) electrons. The van der Waals surface area contributed by atoms with Gasteiger partial charge >= 0.3 is 0 Å². The molecule has 2 aromatic rings. The number of aromatic nitrogens is 2. The van der Waals surface area contributed by atoms with Crippen molar-refractivity contribution in [3.63, 3.8) is 0 Å². The molecule has 0 aliphatic heterocycles. The van der Waals surface area contributed by atoms with Crippen LogP contribution in [0.2, 0.25) is 0 Å². The topological polar surface area (TPSA) is 67.1 Å². The molecule has 0 bridgehead atoms. The van der Waals surface area contributed by atoms with E-state index in [4.69, 9.17) is 5.84 Å². The Morgan fingerprint density at radius 2 is 1.85 bits per heavy atom. The average Bonchev–Trinajstić information content (AvgIpc) is 2.49. The summed E-state index contributed by atoms with van der Waals surface area (Å²) in [5.74, 6) is 7.12. The second kappa shape index (κ2) is 6.34. The third-order valence-corrected chi connectivity index (χ3v) is 3.33.